The Morgan fingerprint density at radius 1 is 1.42 bits per heavy atom. The van der Waals surface area contributed by atoms with Crippen LogP contribution in [-0.2, 0) is 20.1 Å². The van der Waals surface area contributed by atoms with Crippen LogP contribution in [-0.4, -0.2) is 22.3 Å². The summed E-state index contributed by atoms with van der Waals surface area (Å²) in [6.45, 7) is 4.05. The lowest BCUT2D eigenvalue weighted by Crippen LogP contribution is -2.36. The largest absolute Gasteiger partial charge is 0.467 e. The fourth-order valence-electron chi connectivity index (χ4n) is 1.64. The minimum Gasteiger partial charge on any atom is -0.467 e. The topological polar surface area (TPSA) is 67.4 Å². The molecule has 0 fully saturated rings. The van der Waals surface area contributed by atoms with Crippen LogP contribution in [0.25, 0.3) is 0 Å². The minimum atomic E-state index is 0.587. The van der Waals surface area contributed by atoms with Crippen molar-refractivity contribution in [1.29, 1.82) is 0 Å². The molecule has 0 saturated carbocycles. The summed E-state index contributed by atoms with van der Waals surface area (Å²) in [7, 11) is 1.91. The molecular weight excluding hydrogens is 242 g/mol. The highest BCUT2D eigenvalue weighted by molar-refractivity contribution is 5.79. The minimum absolute atomic E-state index is 0.587. The van der Waals surface area contributed by atoms with E-state index >= 15 is 0 Å². The number of rotatable bonds is 5. The Labute approximate surface area is 112 Å². The highest BCUT2D eigenvalue weighted by Gasteiger charge is 2.01. The Hall–Kier alpha value is -2.24. The van der Waals surface area contributed by atoms with Crippen molar-refractivity contribution in [1.82, 2.24) is 20.4 Å². The van der Waals surface area contributed by atoms with E-state index in [1.807, 2.05) is 36.9 Å². The lowest BCUT2D eigenvalue weighted by molar-refractivity contribution is 0.501. The number of guanidine groups is 1. The summed E-state index contributed by atoms with van der Waals surface area (Å²) in [5, 5.41) is 10.5. The average Bonchev–Trinajstić information content (AvgIpc) is 3.04. The molecule has 0 radical (unpaired) electrons. The SMILES string of the molecule is CCNC(=NCc1ccnn1C)NCc1ccco1. The maximum Gasteiger partial charge on any atom is 0.192 e. The van der Waals surface area contributed by atoms with Crippen molar-refractivity contribution >= 4 is 5.96 Å². The van der Waals surface area contributed by atoms with E-state index in [-0.39, 0.29) is 0 Å². The van der Waals surface area contributed by atoms with Gasteiger partial charge in [0.05, 0.1) is 25.0 Å². The molecule has 0 saturated heterocycles. The molecule has 2 aromatic rings. The van der Waals surface area contributed by atoms with Crippen LogP contribution >= 0.6 is 0 Å². The monoisotopic (exact) mass is 261 g/mol. The molecular formula is C13H19N5O. The van der Waals surface area contributed by atoms with Crippen LogP contribution < -0.4 is 10.6 Å². The van der Waals surface area contributed by atoms with Gasteiger partial charge in [0.15, 0.2) is 5.96 Å². The maximum atomic E-state index is 5.27. The van der Waals surface area contributed by atoms with Crippen molar-refractivity contribution in [3.05, 3.63) is 42.1 Å². The maximum absolute atomic E-state index is 5.27. The van der Waals surface area contributed by atoms with E-state index in [9.17, 15) is 0 Å². The second kappa shape index (κ2) is 6.63. The summed E-state index contributed by atoms with van der Waals surface area (Å²) in [6, 6.07) is 5.76. The summed E-state index contributed by atoms with van der Waals surface area (Å²) < 4.78 is 7.09. The standard InChI is InChI=1S/C13H19N5O/c1-3-14-13(16-10-12-5-4-8-19-12)15-9-11-6-7-17-18(11)2/h4-8H,3,9-10H2,1-2H3,(H2,14,15,16). The molecule has 0 bridgehead atoms. The molecule has 102 valence electrons. The van der Waals surface area contributed by atoms with Crippen LogP contribution in [0.4, 0.5) is 0 Å². The fourth-order valence-corrected chi connectivity index (χ4v) is 1.64. The summed E-state index contributed by atoms with van der Waals surface area (Å²) >= 11 is 0. The Bertz CT molecular complexity index is 515. The van der Waals surface area contributed by atoms with Gasteiger partial charge in [0, 0.05) is 19.8 Å². The van der Waals surface area contributed by atoms with E-state index in [1.54, 1.807) is 12.5 Å². The lowest BCUT2D eigenvalue weighted by Gasteiger charge is -2.10. The van der Waals surface area contributed by atoms with Crippen molar-refractivity contribution in [3.63, 3.8) is 0 Å². The number of nitrogens with zero attached hydrogens (tertiary/aromatic N) is 3. The average molecular weight is 261 g/mol. The van der Waals surface area contributed by atoms with Crippen molar-refractivity contribution in [2.75, 3.05) is 6.54 Å². The molecule has 0 spiro atoms. The molecule has 0 aromatic carbocycles. The number of aromatic nitrogens is 2. The van der Waals surface area contributed by atoms with Gasteiger partial charge in [-0.05, 0) is 25.1 Å². The lowest BCUT2D eigenvalue weighted by atomic mass is 10.4. The summed E-state index contributed by atoms with van der Waals surface area (Å²) in [4.78, 5) is 4.51. The number of furan rings is 1. The van der Waals surface area contributed by atoms with Crippen LogP contribution in [0.5, 0.6) is 0 Å². The zero-order valence-electron chi connectivity index (χ0n) is 11.3. The van der Waals surface area contributed by atoms with E-state index in [1.165, 1.54) is 0 Å². The van der Waals surface area contributed by atoms with Gasteiger partial charge in [0.2, 0.25) is 0 Å². The molecule has 0 aliphatic rings. The molecule has 0 atom stereocenters. The first-order chi connectivity index (χ1) is 9.29. The molecule has 2 rings (SSSR count). The van der Waals surface area contributed by atoms with E-state index in [4.69, 9.17) is 4.42 Å². The summed E-state index contributed by atoms with van der Waals surface area (Å²) in [5.41, 5.74) is 1.07. The van der Waals surface area contributed by atoms with E-state index in [0.717, 1.165) is 24.0 Å². The van der Waals surface area contributed by atoms with Gasteiger partial charge in [-0.3, -0.25) is 4.68 Å². The third-order valence-corrected chi connectivity index (χ3v) is 2.68. The zero-order valence-corrected chi connectivity index (χ0v) is 11.3. The highest BCUT2D eigenvalue weighted by atomic mass is 16.3. The zero-order chi connectivity index (χ0) is 13.5. The number of hydrogen-bond acceptors (Lipinski definition) is 3. The van der Waals surface area contributed by atoms with Gasteiger partial charge in [-0.2, -0.15) is 5.10 Å². The van der Waals surface area contributed by atoms with Crippen LogP contribution in [0.15, 0.2) is 40.1 Å². The second-order valence-corrected chi connectivity index (χ2v) is 4.07. The van der Waals surface area contributed by atoms with Crippen molar-refractivity contribution in [2.45, 2.75) is 20.0 Å². The summed E-state index contributed by atoms with van der Waals surface area (Å²) in [6.07, 6.45) is 3.44. The molecule has 0 aliphatic heterocycles. The normalized spacial score (nSPS) is 11.6. The van der Waals surface area contributed by atoms with Gasteiger partial charge in [0.25, 0.3) is 0 Å². The van der Waals surface area contributed by atoms with Gasteiger partial charge in [-0.15, -0.1) is 0 Å². The second-order valence-electron chi connectivity index (χ2n) is 4.07. The van der Waals surface area contributed by atoms with Crippen molar-refractivity contribution in [3.8, 4) is 0 Å². The Balaban J connectivity index is 1.93. The van der Waals surface area contributed by atoms with Gasteiger partial charge in [-0.1, -0.05) is 0 Å². The van der Waals surface area contributed by atoms with Crippen LogP contribution in [0, 0.1) is 0 Å². The third-order valence-electron chi connectivity index (χ3n) is 2.68. The predicted octanol–water partition coefficient (Wildman–Crippen LogP) is 1.27. The van der Waals surface area contributed by atoms with Crippen molar-refractivity contribution < 1.29 is 4.42 Å². The smallest absolute Gasteiger partial charge is 0.192 e. The molecule has 2 aromatic heterocycles. The third kappa shape index (κ3) is 3.87. The molecule has 2 heterocycles. The molecule has 6 heteroatoms. The number of aryl methyl sites for hydroxylation is 1. The number of aliphatic imine (C=N–C) groups is 1. The van der Waals surface area contributed by atoms with Crippen LogP contribution in [0.3, 0.4) is 0 Å². The first-order valence-corrected chi connectivity index (χ1v) is 6.31. The van der Waals surface area contributed by atoms with E-state index in [2.05, 4.69) is 20.7 Å². The van der Waals surface area contributed by atoms with Gasteiger partial charge in [-0.25, -0.2) is 4.99 Å². The van der Waals surface area contributed by atoms with Crippen LogP contribution in [0.1, 0.15) is 18.4 Å². The Morgan fingerprint density at radius 2 is 2.32 bits per heavy atom. The molecule has 0 unspecified atom stereocenters. The van der Waals surface area contributed by atoms with Gasteiger partial charge < -0.3 is 15.1 Å². The molecule has 2 N–H and O–H groups in total. The molecule has 0 amide bonds. The number of hydrogen-bond donors (Lipinski definition) is 2. The molecule has 6 nitrogen and oxygen atoms in total. The van der Waals surface area contributed by atoms with E-state index in [0.29, 0.717) is 13.1 Å². The Morgan fingerprint density at radius 3 is 2.95 bits per heavy atom. The molecule has 0 aliphatic carbocycles. The fraction of sp³-hybridized carbons (Fsp3) is 0.385. The number of nitrogens with one attached hydrogen (secondary N) is 2. The van der Waals surface area contributed by atoms with Gasteiger partial charge in [0.1, 0.15) is 5.76 Å². The van der Waals surface area contributed by atoms with Gasteiger partial charge >= 0.3 is 0 Å². The first-order valence-electron chi connectivity index (χ1n) is 6.31. The predicted molar refractivity (Wildman–Crippen MR) is 73.6 cm³/mol. The first kappa shape index (κ1) is 13.2. The Kier molecular flexibility index (Phi) is 4.60. The summed E-state index contributed by atoms with van der Waals surface area (Å²) in [5.74, 6) is 1.64. The van der Waals surface area contributed by atoms with E-state index < -0.39 is 0 Å². The quantitative estimate of drug-likeness (QED) is 0.628. The van der Waals surface area contributed by atoms with Crippen LogP contribution in [0.2, 0.25) is 0 Å². The highest BCUT2D eigenvalue weighted by Crippen LogP contribution is 2.00. The molecule has 19 heavy (non-hydrogen) atoms. The van der Waals surface area contributed by atoms with Crippen molar-refractivity contribution in [2.24, 2.45) is 12.0 Å².